The molecule has 0 radical (unpaired) electrons. The summed E-state index contributed by atoms with van der Waals surface area (Å²) < 4.78 is 10.6. The van der Waals surface area contributed by atoms with Crippen LogP contribution in [0.2, 0.25) is 0 Å². The summed E-state index contributed by atoms with van der Waals surface area (Å²) in [6.07, 6.45) is -0.371. The number of rotatable bonds is 5. The summed E-state index contributed by atoms with van der Waals surface area (Å²) in [5.74, 6) is 0.551. The highest BCUT2D eigenvalue weighted by Gasteiger charge is 2.40. The predicted molar refractivity (Wildman–Crippen MR) is 120 cm³/mol. The summed E-state index contributed by atoms with van der Waals surface area (Å²) in [5, 5.41) is 0. The number of amides is 2. The van der Waals surface area contributed by atoms with Crippen molar-refractivity contribution >= 4 is 31.0 Å². The molecule has 30 heavy (non-hydrogen) atoms. The zero-order valence-electron chi connectivity index (χ0n) is 18.3. The van der Waals surface area contributed by atoms with Crippen LogP contribution < -0.4 is 15.1 Å². The van der Waals surface area contributed by atoms with Crippen molar-refractivity contribution in [3.8, 4) is 5.75 Å². The molecule has 0 unspecified atom stereocenters. The van der Waals surface area contributed by atoms with Crippen LogP contribution in [0.5, 0.6) is 5.75 Å². The van der Waals surface area contributed by atoms with Crippen molar-refractivity contribution in [2.24, 2.45) is 5.92 Å². The van der Waals surface area contributed by atoms with Gasteiger partial charge in [-0.1, -0.05) is 35.8 Å². The Morgan fingerprint density at radius 1 is 1.10 bits per heavy atom. The summed E-state index contributed by atoms with van der Waals surface area (Å²) in [6.45, 7) is 6.71. The number of hydrogen-bond donors (Lipinski definition) is 0. The number of benzene rings is 2. The lowest BCUT2D eigenvalue weighted by molar-refractivity contribution is -0.127. The molecule has 1 aliphatic heterocycles. The van der Waals surface area contributed by atoms with E-state index in [0.29, 0.717) is 19.6 Å². The predicted octanol–water partition coefficient (Wildman–Crippen LogP) is 2.35. The van der Waals surface area contributed by atoms with Gasteiger partial charge in [-0.05, 0) is 44.5 Å². The normalized spacial score (nSPS) is 14.1. The van der Waals surface area contributed by atoms with E-state index in [1.54, 1.807) is 12.0 Å². The van der Waals surface area contributed by atoms with Crippen LogP contribution in [-0.2, 0) is 16.1 Å². The maximum absolute atomic E-state index is 13.4. The number of hydrogen-bond acceptors (Lipinski definition) is 4. The molecule has 2 aromatic rings. The van der Waals surface area contributed by atoms with Crippen LogP contribution in [-0.4, -0.2) is 50.5 Å². The number of para-hydroxylation sites is 1. The fourth-order valence-electron chi connectivity index (χ4n) is 3.39. The van der Waals surface area contributed by atoms with E-state index < -0.39 is 5.60 Å². The van der Waals surface area contributed by atoms with Gasteiger partial charge in [0.2, 0.25) is 5.91 Å². The molecule has 0 atom stereocenters. The molecule has 0 saturated carbocycles. The van der Waals surface area contributed by atoms with E-state index in [4.69, 9.17) is 9.47 Å². The molecule has 2 amide bonds. The van der Waals surface area contributed by atoms with E-state index in [1.165, 1.54) is 0 Å². The largest absolute Gasteiger partial charge is 0.497 e. The maximum Gasteiger partial charge on any atom is 0.410 e. The van der Waals surface area contributed by atoms with Gasteiger partial charge >= 0.3 is 6.09 Å². The summed E-state index contributed by atoms with van der Waals surface area (Å²) in [5.41, 5.74) is 2.38. The van der Waals surface area contributed by atoms with Crippen molar-refractivity contribution in [1.82, 2.24) is 4.90 Å². The van der Waals surface area contributed by atoms with Gasteiger partial charge in [-0.2, -0.15) is 0 Å². The molecule has 1 heterocycles. The summed E-state index contributed by atoms with van der Waals surface area (Å²) >= 11 is 0. The Balaban J connectivity index is 1.75. The number of nitrogens with zero attached hydrogens (tertiary/aromatic N) is 2. The molecule has 0 aliphatic carbocycles. The number of likely N-dealkylation sites (tertiary alicyclic amines) is 1. The lowest BCUT2D eigenvalue weighted by Crippen LogP contribution is -2.57. The molecule has 7 heteroatoms. The maximum atomic E-state index is 13.4. The highest BCUT2D eigenvalue weighted by atomic mass is 16.6. The van der Waals surface area contributed by atoms with E-state index >= 15 is 0 Å². The molecule has 6 nitrogen and oxygen atoms in total. The van der Waals surface area contributed by atoms with E-state index in [0.717, 1.165) is 22.5 Å². The monoisotopic (exact) mass is 408 g/mol. The van der Waals surface area contributed by atoms with Gasteiger partial charge in [0.15, 0.2) is 0 Å². The van der Waals surface area contributed by atoms with Crippen LogP contribution in [0.1, 0.15) is 26.3 Å². The molecule has 0 bridgehead atoms. The molecule has 3 rings (SSSR count). The minimum atomic E-state index is -0.548. The number of ether oxygens (including phenoxy) is 2. The minimum absolute atomic E-state index is 0.0138. The Hall–Kier alpha value is -2.96. The number of carbonyl (C=O) groups is 2. The fourth-order valence-corrected chi connectivity index (χ4v) is 3.39. The third-order valence-corrected chi connectivity index (χ3v) is 5.05. The molecular formula is C23H29BN2O4. The molecule has 1 saturated heterocycles. The van der Waals surface area contributed by atoms with Gasteiger partial charge in [0, 0.05) is 18.8 Å². The standard InChI is InChI=1S/C23H29BN2O4/c1-23(2,3)30-22(28)25-14-17(15-25)21(27)26(20-8-6-5-7-19(20)24)13-16-9-11-18(29-4)12-10-16/h5-12,17H,13-15,24H2,1-4H3. The Bertz CT molecular complexity index is 902. The van der Waals surface area contributed by atoms with E-state index in [9.17, 15) is 9.59 Å². The SMILES string of the molecule is Bc1ccccc1N(Cc1ccc(OC)cc1)C(=O)C1CN(C(=O)OC(C)(C)C)C1. The van der Waals surface area contributed by atoms with Crippen molar-refractivity contribution in [3.63, 3.8) is 0 Å². The average molecular weight is 408 g/mol. The van der Waals surface area contributed by atoms with Gasteiger partial charge in [-0.3, -0.25) is 4.79 Å². The Morgan fingerprint density at radius 2 is 1.73 bits per heavy atom. The molecule has 1 fully saturated rings. The van der Waals surface area contributed by atoms with Crippen LogP contribution in [0.4, 0.5) is 10.5 Å². The molecule has 0 N–H and O–H groups in total. The van der Waals surface area contributed by atoms with E-state index in [-0.39, 0.29) is 17.9 Å². The van der Waals surface area contributed by atoms with Crippen molar-refractivity contribution in [2.75, 3.05) is 25.1 Å². The van der Waals surface area contributed by atoms with Gasteiger partial charge in [-0.15, -0.1) is 0 Å². The Morgan fingerprint density at radius 3 is 2.30 bits per heavy atom. The lowest BCUT2D eigenvalue weighted by Gasteiger charge is -2.41. The summed E-state index contributed by atoms with van der Waals surface area (Å²) in [4.78, 5) is 29.0. The van der Waals surface area contributed by atoms with Crippen molar-refractivity contribution < 1.29 is 19.1 Å². The smallest absolute Gasteiger partial charge is 0.410 e. The Kier molecular flexibility index (Phi) is 6.39. The van der Waals surface area contributed by atoms with Crippen LogP contribution in [0, 0.1) is 5.92 Å². The van der Waals surface area contributed by atoms with Crippen LogP contribution in [0.25, 0.3) is 0 Å². The van der Waals surface area contributed by atoms with Crippen molar-refractivity contribution in [1.29, 1.82) is 0 Å². The van der Waals surface area contributed by atoms with Gasteiger partial charge < -0.3 is 19.3 Å². The molecule has 0 spiro atoms. The van der Waals surface area contributed by atoms with Gasteiger partial charge in [0.1, 0.15) is 19.2 Å². The van der Waals surface area contributed by atoms with Crippen molar-refractivity contribution in [3.05, 3.63) is 54.1 Å². The fraction of sp³-hybridized carbons (Fsp3) is 0.391. The van der Waals surface area contributed by atoms with Gasteiger partial charge in [0.25, 0.3) is 0 Å². The van der Waals surface area contributed by atoms with Crippen LogP contribution in [0.15, 0.2) is 48.5 Å². The molecular weight excluding hydrogens is 379 g/mol. The van der Waals surface area contributed by atoms with Gasteiger partial charge in [-0.25, -0.2) is 4.79 Å². The lowest BCUT2D eigenvalue weighted by atomic mass is 9.91. The highest BCUT2D eigenvalue weighted by molar-refractivity contribution is 6.36. The van der Waals surface area contributed by atoms with Crippen LogP contribution >= 0.6 is 0 Å². The first-order valence-electron chi connectivity index (χ1n) is 10.2. The first-order valence-corrected chi connectivity index (χ1v) is 10.2. The number of carbonyl (C=O) groups excluding carboxylic acids is 2. The summed E-state index contributed by atoms with van der Waals surface area (Å²) in [7, 11) is 3.63. The first kappa shape index (κ1) is 21.7. The summed E-state index contributed by atoms with van der Waals surface area (Å²) in [6, 6.07) is 15.6. The van der Waals surface area contributed by atoms with Gasteiger partial charge in [0.05, 0.1) is 19.6 Å². The molecule has 1 aliphatic rings. The van der Waals surface area contributed by atoms with E-state index in [2.05, 4.69) is 0 Å². The van der Waals surface area contributed by atoms with Crippen LogP contribution in [0.3, 0.4) is 0 Å². The second-order valence-corrected chi connectivity index (χ2v) is 8.64. The van der Waals surface area contributed by atoms with Crippen molar-refractivity contribution in [2.45, 2.75) is 32.9 Å². The minimum Gasteiger partial charge on any atom is -0.497 e. The topological polar surface area (TPSA) is 59.1 Å². The number of anilines is 1. The second-order valence-electron chi connectivity index (χ2n) is 8.64. The third-order valence-electron chi connectivity index (χ3n) is 5.05. The third kappa shape index (κ3) is 5.15. The zero-order valence-corrected chi connectivity index (χ0v) is 18.3. The molecule has 158 valence electrons. The average Bonchev–Trinajstić information content (AvgIpc) is 2.64. The number of methoxy groups -OCH3 is 1. The quantitative estimate of drug-likeness (QED) is 0.713. The molecule has 0 aromatic heterocycles. The zero-order chi connectivity index (χ0) is 21.9. The molecule has 2 aromatic carbocycles. The van der Waals surface area contributed by atoms with E-state index in [1.807, 2.05) is 82.0 Å². The first-order chi connectivity index (χ1) is 14.2. The highest BCUT2D eigenvalue weighted by Crippen LogP contribution is 2.25. The Labute approximate surface area is 179 Å². The second kappa shape index (κ2) is 8.82.